The largest absolute Gasteiger partial charge is 0.469 e. The van der Waals surface area contributed by atoms with E-state index in [4.69, 9.17) is 4.74 Å². The third-order valence-corrected chi connectivity index (χ3v) is 4.97. The van der Waals surface area contributed by atoms with Crippen molar-refractivity contribution >= 4 is 5.97 Å². The van der Waals surface area contributed by atoms with Crippen molar-refractivity contribution in [1.29, 1.82) is 0 Å². The van der Waals surface area contributed by atoms with Gasteiger partial charge in [0.1, 0.15) is 0 Å². The lowest BCUT2D eigenvalue weighted by molar-refractivity contribution is -0.145. The Kier molecular flexibility index (Phi) is 5.00. The van der Waals surface area contributed by atoms with Crippen LogP contribution in [-0.4, -0.2) is 31.1 Å². The Labute approximate surface area is 144 Å². The van der Waals surface area contributed by atoms with Crippen molar-refractivity contribution in [3.8, 4) is 0 Å². The van der Waals surface area contributed by atoms with Crippen LogP contribution in [0, 0.1) is 19.8 Å². The molecule has 0 spiro atoms. The Morgan fingerprint density at radius 3 is 2.54 bits per heavy atom. The normalized spacial score (nSPS) is 21.0. The van der Waals surface area contributed by atoms with Gasteiger partial charge in [-0.2, -0.15) is 0 Å². The highest BCUT2D eigenvalue weighted by molar-refractivity contribution is 5.74. The van der Waals surface area contributed by atoms with Crippen molar-refractivity contribution in [3.63, 3.8) is 0 Å². The van der Waals surface area contributed by atoms with Crippen LogP contribution < -0.4 is 0 Å². The van der Waals surface area contributed by atoms with Gasteiger partial charge in [0, 0.05) is 25.6 Å². The molecular formula is C21H25NO2. The van der Waals surface area contributed by atoms with Crippen LogP contribution in [0.3, 0.4) is 0 Å². The molecule has 1 fully saturated rings. The maximum absolute atomic E-state index is 12.3. The van der Waals surface area contributed by atoms with Crippen molar-refractivity contribution < 1.29 is 9.53 Å². The highest BCUT2D eigenvalue weighted by atomic mass is 16.5. The predicted molar refractivity (Wildman–Crippen MR) is 95.9 cm³/mol. The molecule has 0 unspecified atom stereocenters. The molecular weight excluding hydrogens is 298 g/mol. The van der Waals surface area contributed by atoms with Gasteiger partial charge in [-0.3, -0.25) is 9.69 Å². The molecule has 0 N–H and O–H groups in total. The van der Waals surface area contributed by atoms with Gasteiger partial charge in [0.15, 0.2) is 0 Å². The van der Waals surface area contributed by atoms with E-state index >= 15 is 0 Å². The second-order valence-corrected chi connectivity index (χ2v) is 6.78. The van der Waals surface area contributed by atoms with Gasteiger partial charge in [0.2, 0.25) is 0 Å². The SMILES string of the molecule is COC(=O)[C@H]1CN(Cc2ccccc2)C[C@@H]1c1ccc(C)cc1C. The molecule has 24 heavy (non-hydrogen) atoms. The van der Waals surface area contributed by atoms with Crippen molar-refractivity contribution in [3.05, 3.63) is 70.8 Å². The maximum atomic E-state index is 12.3. The molecule has 126 valence electrons. The van der Waals surface area contributed by atoms with Crippen LogP contribution >= 0.6 is 0 Å². The van der Waals surface area contributed by atoms with E-state index in [0.717, 1.165) is 19.6 Å². The van der Waals surface area contributed by atoms with Gasteiger partial charge < -0.3 is 4.74 Å². The van der Waals surface area contributed by atoms with E-state index in [9.17, 15) is 4.79 Å². The van der Waals surface area contributed by atoms with E-state index in [1.54, 1.807) is 0 Å². The summed E-state index contributed by atoms with van der Waals surface area (Å²) in [5, 5.41) is 0. The summed E-state index contributed by atoms with van der Waals surface area (Å²) in [6.07, 6.45) is 0. The molecule has 3 nitrogen and oxygen atoms in total. The standard InChI is InChI=1S/C21H25NO2/c1-15-9-10-18(16(2)11-15)19-13-22(14-20(19)21(23)24-3)12-17-7-5-4-6-8-17/h4-11,19-20H,12-14H2,1-3H3/t19-,20+/m1/s1. The maximum Gasteiger partial charge on any atom is 0.310 e. The minimum absolute atomic E-state index is 0.0971. The van der Waals surface area contributed by atoms with Crippen molar-refractivity contribution in [2.45, 2.75) is 26.3 Å². The highest BCUT2D eigenvalue weighted by Gasteiger charge is 2.39. The Morgan fingerprint density at radius 1 is 1.12 bits per heavy atom. The molecule has 1 aliphatic heterocycles. The number of carbonyl (C=O) groups excluding carboxylic acids is 1. The van der Waals surface area contributed by atoms with E-state index in [0.29, 0.717) is 0 Å². The fraction of sp³-hybridized carbons (Fsp3) is 0.381. The summed E-state index contributed by atoms with van der Waals surface area (Å²) in [4.78, 5) is 14.7. The molecule has 2 aromatic carbocycles. The number of hydrogen-bond donors (Lipinski definition) is 0. The minimum atomic E-state index is -0.101. The predicted octanol–water partition coefficient (Wildman–Crippen LogP) is 3.69. The monoisotopic (exact) mass is 323 g/mol. The van der Waals surface area contributed by atoms with Crippen molar-refractivity contribution in [2.24, 2.45) is 5.92 Å². The fourth-order valence-corrected chi connectivity index (χ4v) is 3.80. The number of nitrogens with zero attached hydrogens (tertiary/aromatic N) is 1. The first-order valence-electron chi connectivity index (χ1n) is 8.49. The summed E-state index contributed by atoms with van der Waals surface area (Å²) in [5.74, 6) is -0.00239. The van der Waals surface area contributed by atoms with Gasteiger partial charge in [0.05, 0.1) is 13.0 Å². The molecule has 3 rings (SSSR count). The van der Waals surface area contributed by atoms with Gasteiger partial charge in [-0.1, -0.05) is 54.1 Å². The average molecular weight is 323 g/mol. The zero-order valence-corrected chi connectivity index (χ0v) is 14.7. The second kappa shape index (κ2) is 7.18. The Morgan fingerprint density at radius 2 is 1.88 bits per heavy atom. The number of likely N-dealkylation sites (tertiary alicyclic amines) is 1. The minimum Gasteiger partial charge on any atom is -0.469 e. The Bertz CT molecular complexity index is 711. The number of benzene rings is 2. The second-order valence-electron chi connectivity index (χ2n) is 6.78. The molecule has 0 bridgehead atoms. The number of rotatable bonds is 4. The van der Waals surface area contributed by atoms with Crippen molar-refractivity contribution in [2.75, 3.05) is 20.2 Å². The molecule has 0 saturated carbocycles. The third-order valence-electron chi connectivity index (χ3n) is 4.97. The Hall–Kier alpha value is -2.13. The number of hydrogen-bond acceptors (Lipinski definition) is 3. The lowest BCUT2D eigenvalue weighted by Gasteiger charge is -2.19. The van der Waals surface area contributed by atoms with Crippen LogP contribution in [0.4, 0.5) is 0 Å². The topological polar surface area (TPSA) is 29.5 Å². The highest BCUT2D eigenvalue weighted by Crippen LogP contribution is 2.36. The van der Waals surface area contributed by atoms with E-state index in [-0.39, 0.29) is 17.8 Å². The summed E-state index contributed by atoms with van der Waals surface area (Å²) >= 11 is 0. The molecule has 0 amide bonds. The third kappa shape index (κ3) is 3.51. The number of methoxy groups -OCH3 is 1. The molecule has 1 heterocycles. The lowest BCUT2D eigenvalue weighted by atomic mass is 9.86. The number of carbonyl (C=O) groups is 1. The molecule has 1 saturated heterocycles. The molecule has 3 heteroatoms. The molecule has 2 atom stereocenters. The van der Waals surface area contributed by atoms with Crippen LogP contribution in [0.2, 0.25) is 0 Å². The van der Waals surface area contributed by atoms with Crippen LogP contribution in [0.25, 0.3) is 0 Å². The molecule has 0 aromatic heterocycles. The van der Waals surface area contributed by atoms with Crippen LogP contribution in [0.5, 0.6) is 0 Å². The summed E-state index contributed by atoms with van der Waals surface area (Å²) in [5.41, 5.74) is 5.06. The molecule has 1 aliphatic rings. The van der Waals surface area contributed by atoms with E-state index in [2.05, 4.69) is 61.2 Å². The lowest BCUT2D eigenvalue weighted by Crippen LogP contribution is -2.24. The van der Waals surface area contributed by atoms with E-state index in [1.165, 1.54) is 29.4 Å². The van der Waals surface area contributed by atoms with Gasteiger partial charge in [-0.25, -0.2) is 0 Å². The quantitative estimate of drug-likeness (QED) is 0.804. The molecule has 0 aliphatic carbocycles. The van der Waals surface area contributed by atoms with Crippen molar-refractivity contribution in [1.82, 2.24) is 4.90 Å². The van der Waals surface area contributed by atoms with Gasteiger partial charge >= 0.3 is 5.97 Å². The number of ether oxygens (including phenoxy) is 1. The first-order chi connectivity index (χ1) is 11.6. The van der Waals surface area contributed by atoms with Gasteiger partial charge in [0.25, 0.3) is 0 Å². The zero-order valence-electron chi connectivity index (χ0n) is 14.7. The summed E-state index contributed by atoms with van der Waals surface area (Å²) in [7, 11) is 1.49. The average Bonchev–Trinajstić information content (AvgIpc) is 2.98. The fourth-order valence-electron chi connectivity index (χ4n) is 3.80. The smallest absolute Gasteiger partial charge is 0.310 e. The molecule has 2 aromatic rings. The summed E-state index contributed by atoms with van der Waals surface area (Å²) in [6.45, 7) is 6.75. The van der Waals surface area contributed by atoms with Crippen LogP contribution in [-0.2, 0) is 16.1 Å². The summed E-state index contributed by atoms with van der Waals surface area (Å²) < 4.78 is 5.08. The van der Waals surface area contributed by atoms with Gasteiger partial charge in [-0.05, 0) is 30.5 Å². The van der Waals surface area contributed by atoms with E-state index in [1.807, 2.05) is 6.07 Å². The molecule has 0 radical (unpaired) electrons. The first kappa shape index (κ1) is 16.7. The van der Waals surface area contributed by atoms with Gasteiger partial charge in [-0.15, -0.1) is 0 Å². The van der Waals surface area contributed by atoms with E-state index < -0.39 is 0 Å². The van der Waals surface area contributed by atoms with Crippen LogP contribution in [0.15, 0.2) is 48.5 Å². The Balaban J connectivity index is 1.84. The summed E-state index contributed by atoms with van der Waals surface area (Å²) in [6, 6.07) is 16.9. The first-order valence-corrected chi connectivity index (χ1v) is 8.49. The number of esters is 1. The zero-order chi connectivity index (χ0) is 17.1. The van der Waals surface area contributed by atoms with Crippen LogP contribution in [0.1, 0.15) is 28.2 Å². The number of aryl methyl sites for hydroxylation is 2.